The normalized spacial score (nSPS) is 39.8. The van der Waals surface area contributed by atoms with Gasteiger partial charge in [0.15, 0.2) is 0 Å². The molecule has 0 bridgehead atoms. The highest BCUT2D eigenvalue weighted by molar-refractivity contribution is 6.21. The molecular weight excluding hydrogens is 124 g/mol. The molecule has 0 aliphatic carbocycles. The van der Waals surface area contributed by atoms with Crippen molar-refractivity contribution in [2.75, 3.05) is 13.1 Å². The highest BCUT2D eigenvalue weighted by Gasteiger charge is 2.12. The van der Waals surface area contributed by atoms with Gasteiger partial charge in [-0.1, -0.05) is 0 Å². The Labute approximate surface area is 54.6 Å². The van der Waals surface area contributed by atoms with Gasteiger partial charge in [-0.3, -0.25) is 0 Å². The third kappa shape index (κ3) is 1.62. The second-order valence-electron chi connectivity index (χ2n) is 2.14. The summed E-state index contributed by atoms with van der Waals surface area (Å²) in [5.74, 6) is 0. The van der Waals surface area contributed by atoms with Crippen molar-refractivity contribution in [1.82, 2.24) is 10.6 Å². The molecule has 1 heterocycles. The molecule has 1 fully saturated rings. The smallest absolute Gasteiger partial charge is 0.0586 e. The van der Waals surface area contributed by atoms with Gasteiger partial charge in [0.25, 0.3) is 0 Å². The first-order valence-corrected chi connectivity index (χ1v) is 3.33. The molecule has 1 saturated heterocycles. The van der Waals surface area contributed by atoms with Crippen LogP contribution < -0.4 is 10.6 Å². The molecule has 0 spiro atoms. The minimum Gasteiger partial charge on any atom is -0.301 e. The highest BCUT2D eigenvalue weighted by Crippen LogP contribution is 1.96. The molecule has 0 unspecified atom stereocenters. The zero-order valence-corrected chi connectivity index (χ0v) is 5.70. The molecule has 1 aliphatic rings. The number of rotatable bonds is 0. The van der Waals surface area contributed by atoms with Gasteiger partial charge in [0.1, 0.15) is 0 Å². The zero-order chi connectivity index (χ0) is 5.98. The van der Waals surface area contributed by atoms with Crippen molar-refractivity contribution in [3.8, 4) is 0 Å². The van der Waals surface area contributed by atoms with E-state index in [0.29, 0.717) is 6.17 Å². The molecule has 2 nitrogen and oxygen atoms in total. The van der Waals surface area contributed by atoms with Crippen molar-refractivity contribution >= 4 is 11.6 Å². The zero-order valence-electron chi connectivity index (χ0n) is 4.95. The van der Waals surface area contributed by atoms with Gasteiger partial charge in [0.05, 0.1) is 11.5 Å². The molecular formula is C5H11ClN2. The van der Waals surface area contributed by atoms with Crippen molar-refractivity contribution in [3.05, 3.63) is 0 Å². The van der Waals surface area contributed by atoms with Crippen molar-refractivity contribution in [1.29, 1.82) is 0 Å². The van der Waals surface area contributed by atoms with Crippen LogP contribution >= 0.6 is 11.6 Å². The Morgan fingerprint density at radius 3 is 2.25 bits per heavy atom. The summed E-state index contributed by atoms with van der Waals surface area (Å²) in [4.78, 5) is 0. The van der Waals surface area contributed by atoms with E-state index < -0.39 is 0 Å². The molecule has 0 atom stereocenters. The molecule has 0 saturated carbocycles. The van der Waals surface area contributed by atoms with Crippen LogP contribution in [-0.2, 0) is 0 Å². The molecule has 2 N–H and O–H groups in total. The lowest BCUT2D eigenvalue weighted by molar-refractivity contribution is 0.398. The van der Waals surface area contributed by atoms with Crippen LogP contribution in [0.5, 0.6) is 0 Å². The molecule has 3 heteroatoms. The fourth-order valence-electron chi connectivity index (χ4n) is 0.754. The summed E-state index contributed by atoms with van der Waals surface area (Å²) in [6, 6.07) is 0. The minimum absolute atomic E-state index is 0.270. The largest absolute Gasteiger partial charge is 0.301 e. The Bertz CT molecular complexity index is 58.8. The summed E-state index contributed by atoms with van der Waals surface area (Å²) >= 11 is 5.76. The minimum atomic E-state index is 0.270. The summed E-state index contributed by atoms with van der Waals surface area (Å²) in [6.45, 7) is 3.94. The van der Waals surface area contributed by atoms with Crippen LogP contribution in [0.25, 0.3) is 0 Å². The van der Waals surface area contributed by atoms with E-state index in [1.165, 1.54) is 0 Å². The maximum Gasteiger partial charge on any atom is 0.0586 e. The van der Waals surface area contributed by atoms with Crippen LogP contribution in [0.2, 0.25) is 0 Å². The van der Waals surface area contributed by atoms with Crippen LogP contribution in [0, 0.1) is 0 Å². The molecule has 0 aromatic heterocycles. The van der Waals surface area contributed by atoms with E-state index >= 15 is 0 Å². The van der Waals surface area contributed by atoms with E-state index in [1.807, 2.05) is 0 Å². The van der Waals surface area contributed by atoms with Gasteiger partial charge in [-0.2, -0.15) is 0 Å². The van der Waals surface area contributed by atoms with Gasteiger partial charge in [-0.25, -0.2) is 0 Å². The summed E-state index contributed by atoms with van der Waals surface area (Å²) in [7, 11) is 0. The number of hydrogen-bond acceptors (Lipinski definition) is 2. The highest BCUT2D eigenvalue weighted by atomic mass is 35.5. The maximum atomic E-state index is 5.76. The van der Waals surface area contributed by atoms with Crippen LogP contribution in [0.1, 0.15) is 6.92 Å². The lowest BCUT2D eigenvalue weighted by Crippen LogP contribution is -2.51. The number of hydrogen-bond donors (Lipinski definition) is 2. The number of halogens is 1. The Morgan fingerprint density at radius 2 is 1.88 bits per heavy atom. The predicted octanol–water partition coefficient (Wildman–Crippen LogP) is 0.133. The molecule has 48 valence electrons. The van der Waals surface area contributed by atoms with Crippen molar-refractivity contribution in [2.24, 2.45) is 0 Å². The van der Waals surface area contributed by atoms with Crippen molar-refractivity contribution < 1.29 is 0 Å². The van der Waals surface area contributed by atoms with E-state index in [2.05, 4.69) is 17.6 Å². The Balaban J connectivity index is 2.19. The first kappa shape index (κ1) is 6.33. The SMILES string of the molecule is CC1NCC(Cl)CN1. The Morgan fingerprint density at radius 1 is 1.38 bits per heavy atom. The average Bonchev–Trinajstić information content (AvgIpc) is 1.77. The second-order valence-corrected chi connectivity index (χ2v) is 2.75. The standard InChI is InChI=1S/C5H11ClN2/c1-4-7-2-5(6)3-8-4/h4-5,7-8H,2-3H2,1H3. The van der Waals surface area contributed by atoms with E-state index in [0.717, 1.165) is 13.1 Å². The molecule has 0 aromatic rings. The quantitative estimate of drug-likeness (QED) is 0.461. The van der Waals surface area contributed by atoms with E-state index in [1.54, 1.807) is 0 Å². The van der Waals surface area contributed by atoms with Crippen molar-refractivity contribution in [3.63, 3.8) is 0 Å². The summed E-state index contributed by atoms with van der Waals surface area (Å²) in [5.41, 5.74) is 0. The molecule has 0 radical (unpaired) electrons. The van der Waals surface area contributed by atoms with Gasteiger partial charge in [-0.05, 0) is 6.92 Å². The third-order valence-electron chi connectivity index (χ3n) is 1.29. The molecule has 0 aromatic carbocycles. The van der Waals surface area contributed by atoms with E-state index in [9.17, 15) is 0 Å². The van der Waals surface area contributed by atoms with E-state index in [4.69, 9.17) is 11.6 Å². The van der Waals surface area contributed by atoms with Crippen LogP contribution in [0.4, 0.5) is 0 Å². The molecule has 1 rings (SSSR count). The van der Waals surface area contributed by atoms with Gasteiger partial charge < -0.3 is 10.6 Å². The lowest BCUT2D eigenvalue weighted by atomic mass is 10.3. The van der Waals surface area contributed by atoms with Crippen LogP contribution in [0.15, 0.2) is 0 Å². The first-order valence-electron chi connectivity index (χ1n) is 2.90. The monoisotopic (exact) mass is 134 g/mol. The summed E-state index contributed by atoms with van der Waals surface area (Å²) in [5, 5.41) is 6.65. The fraction of sp³-hybridized carbons (Fsp3) is 1.00. The Kier molecular flexibility index (Phi) is 2.11. The van der Waals surface area contributed by atoms with Crippen molar-refractivity contribution in [2.45, 2.75) is 18.5 Å². The van der Waals surface area contributed by atoms with Crippen LogP contribution in [-0.4, -0.2) is 24.6 Å². The topological polar surface area (TPSA) is 24.1 Å². The summed E-state index contributed by atoms with van der Waals surface area (Å²) in [6.07, 6.45) is 0.435. The van der Waals surface area contributed by atoms with E-state index in [-0.39, 0.29) is 5.38 Å². The number of alkyl halides is 1. The molecule has 0 amide bonds. The first-order chi connectivity index (χ1) is 3.79. The number of nitrogens with one attached hydrogen (secondary N) is 2. The lowest BCUT2D eigenvalue weighted by Gasteiger charge is -2.24. The van der Waals surface area contributed by atoms with Gasteiger partial charge in [0, 0.05) is 13.1 Å². The fourth-order valence-corrected chi connectivity index (χ4v) is 0.932. The summed E-state index contributed by atoms with van der Waals surface area (Å²) < 4.78 is 0. The predicted molar refractivity (Wildman–Crippen MR) is 35.1 cm³/mol. The molecule has 1 aliphatic heterocycles. The maximum absolute atomic E-state index is 5.76. The average molecular weight is 135 g/mol. The van der Waals surface area contributed by atoms with Gasteiger partial charge >= 0.3 is 0 Å². The van der Waals surface area contributed by atoms with Gasteiger partial charge in [-0.15, -0.1) is 11.6 Å². The third-order valence-corrected chi connectivity index (χ3v) is 1.60. The van der Waals surface area contributed by atoms with Gasteiger partial charge in [0.2, 0.25) is 0 Å². The second kappa shape index (κ2) is 2.67. The van der Waals surface area contributed by atoms with Crippen LogP contribution in [0.3, 0.4) is 0 Å². The Hall–Kier alpha value is 0.210. The molecule has 8 heavy (non-hydrogen) atoms.